The summed E-state index contributed by atoms with van der Waals surface area (Å²) in [6.07, 6.45) is 1.95. The van der Waals surface area contributed by atoms with Gasteiger partial charge < -0.3 is 24.5 Å². The predicted octanol–water partition coefficient (Wildman–Crippen LogP) is 2.56. The number of hydrogen-bond acceptors (Lipinski definition) is 6. The first-order valence-electron chi connectivity index (χ1n) is 9.61. The largest absolute Gasteiger partial charge is 0.497 e. The molecule has 0 amide bonds. The molecule has 0 bridgehead atoms. The van der Waals surface area contributed by atoms with Crippen LogP contribution in [-0.4, -0.2) is 24.4 Å². The topological polar surface area (TPSA) is 99.5 Å². The van der Waals surface area contributed by atoms with Gasteiger partial charge in [-0.3, -0.25) is 4.79 Å². The van der Waals surface area contributed by atoms with Gasteiger partial charge in [0, 0.05) is 18.4 Å². The molecule has 0 saturated carbocycles. The molecule has 0 spiro atoms. The van der Waals surface area contributed by atoms with Crippen molar-refractivity contribution in [3.63, 3.8) is 0 Å². The number of benzene rings is 1. The zero-order valence-corrected chi connectivity index (χ0v) is 16.5. The van der Waals surface area contributed by atoms with Crippen LogP contribution in [0.25, 0.3) is 0 Å². The molecule has 150 valence electrons. The third-order valence-electron chi connectivity index (χ3n) is 5.55. The molecule has 7 heteroatoms. The van der Waals surface area contributed by atoms with Crippen LogP contribution in [0.4, 0.5) is 0 Å². The Kier molecular flexibility index (Phi) is 5.03. The van der Waals surface area contributed by atoms with E-state index in [1.807, 2.05) is 25.1 Å². The minimum absolute atomic E-state index is 0.0180. The molecule has 0 radical (unpaired) electrons. The third kappa shape index (κ3) is 3.36. The molecule has 1 aromatic heterocycles. The number of nitrogens with zero attached hydrogens (tertiary/aromatic N) is 2. The quantitative estimate of drug-likeness (QED) is 0.857. The lowest BCUT2D eigenvalue weighted by molar-refractivity contribution is 0.0955. The Bertz CT molecular complexity index is 1060. The van der Waals surface area contributed by atoms with Gasteiger partial charge in [0.05, 0.1) is 31.2 Å². The van der Waals surface area contributed by atoms with Crippen molar-refractivity contribution in [2.45, 2.75) is 38.3 Å². The molecule has 29 heavy (non-hydrogen) atoms. The van der Waals surface area contributed by atoms with Crippen molar-refractivity contribution < 1.29 is 14.2 Å². The average Bonchev–Trinajstić information content (AvgIpc) is 3.23. The highest BCUT2D eigenvalue weighted by atomic mass is 16.5. The molecule has 2 aliphatic heterocycles. The van der Waals surface area contributed by atoms with E-state index in [1.54, 1.807) is 23.8 Å². The minimum Gasteiger partial charge on any atom is -0.497 e. The number of pyridine rings is 1. The molecule has 4 rings (SSSR count). The second kappa shape index (κ2) is 7.64. The molecule has 3 heterocycles. The molecule has 0 aliphatic carbocycles. The lowest BCUT2D eigenvalue weighted by Gasteiger charge is -2.28. The number of aryl methyl sites for hydroxylation is 1. The Balaban J connectivity index is 1.87. The zero-order chi connectivity index (χ0) is 20.5. The predicted molar refractivity (Wildman–Crippen MR) is 107 cm³/mol. The number of nitrogens with two attached hydrogens (primary N) is 1. The van der Waals surface area contributed by atoms with Crippen LogP contribution in [0.2, 0.25) is 0 Å². The summed E-state index contributed by atoms with van der Waals surface area (Å²) >= 11 is 0. The van der Waals surface area contributed by atoms with Crippen LogP contribution in [-0.2, 0) is 11.3 Å². The van der Waals surface area contributed by atoms with Crippen molar-refractivity contribution in [3.8, 4) is 17.6 Å². The van der Waals surface area contributed by atoms with Gasteiger partial charge in [-0.05, 0) is 37.5 Å². The van der Waals surface area contributed by atoms with E-state index in [2.05, 4.69) is 6.07 Å². The Morgan fingerprint density at radius 1 is 1.34 bits per heavy atom. The first-order valence-corrected chi connectivity index (χ1v) is 9.61. The van der Waals surface area contributed by atoms with Crippen LogP contribution < -0.4 is 20.8 Å². The van der Waals surface area contributed by atoms with Crippen LogP contribution in [0, 0.1) is 18.3 Å². The van der Waals surface area contributed by atoms with Crippen molar-refractivity contribution in [3.05, 3.63) is 69.0 Å². The average molecular weight is 393 g/mol. The van der Waals surface area contributed by atoms with Crippen molar-refractivity contribution in [1.82, 2.24) is 4.57 Å². The van der Waals surface area contributed by atoms with Crippen LogP contribution in [0.3, 0.4) is 0 Å². The van der Waals surface area contributed by atoms with Crippen molar-refractivity contribution in [2.24, 2.45) is 5.73 Å². The van der Waals surface area contributed by atoms with Crippen LogP contribution in [0.5, 0.6) is 11.5 Å². The molecule has 2 atom stereocenters. The number of rotatable bonds is 4. The summed E-state index contributed by atoms with van der Waals surface area (Å²) in [5.41, 5.74) is 8.05. The van der Waals surface area contributed by atoms with E-state index >= 15 is 0 Å². The Morgan fingerprint density at radius 3 is 2.72 bits per heavy atom. The molecule has 0 unspecified atom stereocenters. The van der Waals surface area contributed by atoms with E-state index < -0.39 is 5.92 Å². The Labute approximate surface area is 168 Å². The summed E-state index contributed by atoms with van der Waals surface area (Å²) < 4.78 is 18.3. The summed E-state index contributed by atoms with van der Waals surface area (Å²) in [7, 11) is 1.59. The summed E-state index contributed by atoms with van der Waals surface area (Å²) in [6, 6.07) is 11.2. The number of allylic oxidation sites excluding steroid dienone is 1. The van der Waals surface area contributed by atoms with E-state index in [-0.39, 0.29) is 23.1 Å². The van der Waals surface area contributed by atoms with Gasteiger partial charge in [-0.25, -0.2) is 0 Å². The molecule has 7 nitrogen and oxygen atoms in total. The fourth-order valence-electron chi connectivity index (χ4n) is 4.03. The molecule has 1 saturated heterocycles. The molecule has 2 aromatic rings. The van der Waals surface area contributed by atoms with Crippen LogP contribution in [0.15, 0.2) is 46.6 Å². The zero-order valence-electron chi connectivity index (χ0n) is 16.5. The second-order valence-electron chi connectivity index (χ2n) is 7.31. The van der Waals surface area contributed by atoms with Gasteiger partial charge in [-0.15, -0.1) is 0 Å². The van der Waals surface area contributed by atoms with E-state index in [0.717, 1.165) is 30.7 Å². The first-order chi connectivity index (χ1) is 14.0. The number of ether oxygens (including phenoxy) is 3. The fraction of sp³-hybridized carbons (Fsp3) is 0.364. The van der Waals surface area contributed by atoms with Crippen LogP contribution in [0.1, 0.15) is 35.6 Å². The fourth-order valence-corrected chi connectivity index (χ4v) is 4.03. The number of fused-ring (bicyclic) bond motifs is 1. The molecular formula is C22H23N3O4. The minimum atomic E-state index is -0.599. The number of hydrogen-bond donors (Lipinski definition) is 1. The second-order valence-corrected chi connectivity index (χ2v) is 7.31. The monoisotopic (exact) mass is 393 g/mol. The van der Waals surface area contributed by atoms with E-state index in [9.17, 15) is 10.1 Å². The van der Waals surface area contributed by atoms with Gasteiger partial charge in [0.1, 0.15) is 23.1 Å². The highest BCUT2D eigenvalue weighted by molar-refractivity contribution is 5.55. The van der Waals surface area contributed by atoms with Crippen molar-refractivity contribution >= 4 is 0 Å². The normalized spacial score (nSPS) is 20.7. The molecular weight excluding hydrogens is 370 g/mol. The summed E-state index contributed by atoms with van der Waals surface area (Å²) in [6.45, 7) is 3.06. The number of nitriles is 1. The Hall–Kier alpha value is -3.24. The molecule has 2 N–H and O–H groups in total. The smallest absolute Gasteiger partial charge is 0.258 e. The summed E-state index contributed by atoms with van der Waals surface area (Å²) in [5, 5.41) is 9.74. The first kappa shape index (κ1) is 19.1. The van der Waals surface area contributed by atoms with Gasteiger partial charge in [0.15, 0.2) is 0 Å². The van der Waals surface area contributed by atoms with Crippen molar-refractivity contribution in [1.29, 1.82) is 5.26 Å². The van der Waals surface area contributed by atoms with E-state index in [1.165, 1.54) is 0 Å². The summed E-state index contributed by atoms with van der Waals surface area (Å²) in [5.74, 6) is 0.514. The number of aromatic nitrogens is 1. The maximum atomic E-state index is 13.5. The van der Waals surface area contributed by atoms with Crippen LogP contribution >= 0.6 is 0 Å². The highest BCUT2D eigenvalue weighted by Gasteiger charge is 2.34. The number of methoxy groups -OCH3 is 1. The maximum absolute atomic E-state index is 13.5. The van der Waals surface area contributed by atoms with Crippen molar-refractivity contribution in [2.75, 3.05) is 13.7 Å². The lowest BCUT2D eigenvalue weighted by Crippen LogP contribution is -2.35. The van der Waals surface area contributed by atoms with Gasteiger partial charge in [-0.2, -0.15) is 5.26 Å². The summed E-state index contributed by atoms with van der Waals surface area (Å²) in [4.78, 5) is 13.5. The van der Waals surface area contributed by atoms with E-state index in [4.69, 9.17) is 19.9 Å². The standard InChI is InChI=1S/C22H23N3O4/c1-13-10-18-20(22(26)25(13)12-16-4-3-9-28-16)19(17(11-23)21(24)29-18)14-5-7-15(27-2)8-6-14/h5-8,10,16,19H,3-4,9,12,24H2,1-2H3/t16-,19-/m1/s1. The molecule has 1 fully saturated rings. The SMILES string of the molecule is COc1ccc([C@@H]2C(C#N)=C(N)Oc3cc(C)n(C[C@H]4CCCO4)c(=O)c32)cc1. The Morgan fingerprint density at radius 2 is 2.10 bits per heavy atom. The molecule has 2 aliphatic rings. The van der Waals surface area contributed by atoms with Gasteiger partial charge in [0.25, 0.3) is 5.56 Å². The van der Waals surface area contributed by atoms with Gasteiger partial charge in [-0.1, -0.05) is 12.1 Å². The maximum Gasteiger partial charge on any atom is 0.258 e. The van der Waals surface area contributed by atoms with Gasteiger partial charge >= 0.3 is 0 Å². The van der Waals surface area contributed by atoms with E-state index in [0.29, 0.717) is 23.6 Å². The van der Waals surface area contributed by atoms with Gasteiger partial charge in [0.2, 0.25) is 5.88 Å². The molecule has 1 aromatic carbocycles. The highest BCUT2D eigenvalue weighted by Crippen LogP contribution is 2.40. The third-order valence-corrected chi connectivity index (χ3v) is 5.55. The lowest BCUT2D eigenvalue weighted by atomic mass is 9.84.